The minimum atomic E-state index is -1.16. The first-order valence-corrected chi connectivity index (χ1v) is 11.1. The molecular weight excluding hydrogens is 408 g/mol. The second kappa shape index (κ2) is 8.12. The molecule has 0 aliphatic heterocycles. The van der Waals surface area contributed by atoms with Crippen LogP contribution in [0.2, 0.25) is 0 Å². The lowest BCUT2D eigenvalue weighted by molar-refractivity contribution is -0.152. The van der Waals surface area contributed by atoms with Crippen LogP contribution in [0.5, 0.6) is 0 Å². The van der Waals surface area contributed by atoms with Gasteiger partial charge in [-0.1, -0.05) is 54.6 Å². The van der Waals surface area contributed by atoms with E-state index in [1.807, 2.05) is 35.7 Å². The molecular formula is C25H24N2O3S. The molecule has 0 aliphatic carbocycles. The molecule has 0 bridgehead atoms. The van der Waals surface area contributed by atoms with Crippen molar-refractivity contribution in [1.82, 2.24) is 9.55 Å². The van der Waals surface area contributed by atoms with Gasteiger partial charge in [-0.25, -0.2) is 9.78 Å². The number of aromatic nitrogens is 2. The highest BCUT2D eigenvalue weighted by atomic mass is 32.1. The number of benzene rings is 2. The van der Waals surface area contributed by atoms with Gasteiger partial charge in [0, 0.05) is 10.9 Å². The van der Waals surface area contributed by atoms with Crippen LogP contribution in [-0.2, 0) is 15.1 Å². The van der Waals surface area contributed by atoms with Gasteiger partial charge in [-0.3, -0.25) is 9.36 Å². The predicted octanol–water partition coefficient (Wildman–Crippen LogP) is 5.40. The van der Waals surface area contributed by atoms with Gasteiger partial charge in [0.1, 0.15) is 16.2 Å². The Kier molecular flexibility index (Phi) is 5.50. The summed E-state index contributed by atoms with van der Waals surface area (Å²) in [5.41, 5.74) is 2.62. The number of esters is 1. The van der Waals surface area contributed by atoms with E-state index in [2.05, 4.69) is 29.2 Å². The van der Waals surface area contributed by atoms with Crippen molar-refractivity contribution in [3.63, 3.8) is 0 Å². The molecule has 31 heavy (non-hydrogen) atoms. The summed E-state index contributed by atoms with van der Waals surface area (Å²) in [7, 11) is 0. The molecule has 4 rings (SSSR count). The van der Waals surface area contributed by atoms with Crippen LogP contribution in [0, 0.1) is 6.92 Å². The molecule has 0 saturated heterocycles. The van der Waals surface area contributed by atoms with E-state index in [-0.39, 0.29) is 12.2 Å². The number of ether oxygens (including phenoxy) is 1. The van der Waals surface area contributed by atoms with Crippen LogP contribution >= 0.6 is 11.3 Å². The van der Waals surface area contributed by atoms with Crippen LogP contribution in [0.4, 0.5) is 0 Å². The highest BCUT2D eigenvalue weighted by molar-refractivity contribution is 7.17. The number of nitrogens with zero attached hydrogens (tertiary/aromatic N) is 2. The molecule has 4 aromatic rings. The molecule has 2 aromatic heterocycles. The molecule has 0 spiro atoms. The Morgan fingerprint density at radius 2 is 1.65 bits per heavy atom. The number of rotatable bonds is 5. The molecule has 5 nitrogen and oxygen atoms in total. The lowest BCUT2D eigenvalue weighted by Gasteiger charge is -2.26. The number of fused-ring (bicyclic) bond motifs is 1. The molecule has 0 N–H and O–H groups in total. The lowest BCUT2D eigenvalue weighted by Crippen LogP contribution is -2.45. The highest BCUT2D eigenvalue weighted by Gasteiger charge is 2.35. The van der Waals surface area contributed by atoms with E-state index in [1.54, 1.807) is 27.7 Å². The number of carbonyl (C=O) groups excluding carboxylic acids is 1. The minimum absolute atomic E-state index is 0.232. The largest absolute Gasteiger partial charge is 0.464 e. The van der Waals surface area contributed by atoms with Crippen molar-refractivity contribution in [2.75, 3.05) is 6.61 Å². The average Bonchev–Trinajstić information content (AvgIpc) is 3.18. The van der Waals surface area contributed by atoms with E-state index in [9.17, 15) is 9.59 Å². The van der Waals surface area contributed by atoms with Gasteiger partial charge in [0.15, 0.2) is 0 Å². The van der Waals surface area contributed by atoms with E-state index in [1.165, 1.54) is 15.9 Å². The number of thiophene rings is 1. The molecule has 2 aromatic carbocycles. The fourth-order valence-corrected chi connectivity index (χ4v) is 4.82. The third-order valence-corrected chi connectivity index (χ3v) is 6.28. The monoisotopic (exact) mass is 432 g/mol. The number of carbonyl (C=O) groups is 1. The van der Waals surface area contributed by atoms with Crippen molar-refractivity contribution in [3.05, 3.63) is 76.2 Å². The summed E-state index contributed by atoms with van der Waals surface area (Å²) in [5.74, 6) is 0.0359. The molecule has 6 heteroatoms. The molecule has 0 radical (unpaired) electrons. The van der Waals surface area contributed by atoms with E-state index >= 15 is 0 Å². The molecule has 0 fully saturated rings. The Morgan fingerprint density at radius 1 is 1.03 bits per heavy atom. The molecule has 158 valence electrons. The van der Waals surface area contributed by atoms with Crippen molar-refractivity contribution in [2.45, 2.75) is 33.2 Å². The summed E-state index contributed by atoms with van der Waals surface area (Å²) in [6.07, 6.45) is 0. The third-order valence-electron chi connectivity index (χ3n) is 5.41. The quantitative estimate of drug-likeness (QED) is 0.396. The Morgan fingerprint density at radius 3 is 2.29 bits per heavy atom. The van der Waals surface area contributed by atoms with Crippen molar-refractivity contribution >= 4 is 27.5 Å². The van der Waals surface area contributed by atoms with Gasteiger partial charge in [0.25, 0.3) is 5.56 Å². The van der Waals surface area contributed by atoms with Gasteiger partial charge in [-0.15, -0.1) is 11.3 Å². The smallest absolute Gasteiger partial charge is 0.331 e. The van der Waals surface area contributed by atoms with Crippen molar-refractivity contribution in [1.29, 1.82) is 0 Å². The maximum Gasteiger partial charge on any atom is 0.331 e. The summed E-state index contributed by atoms with van der Waals surface area (Å²) in [4.78, 5) is 31.4. The third kappa shape index (κ3) is 3.68. The molecule has 0 aliphatic rings. The van der Waals surface area contributed by atoms with Crippen LogP contribution in [-0.4, -0.2) is 22.1 Å². The van der Waals surface area contributed by atoms with E-state index < -0.39 is 11.5 Å². The van der Waals surface area contributed by atoms with Crippen LogP contribution in [0.15, 0.2) is 64.8 Å². The first-order valence-electron chi connectivity index (χ1n) is 10.2. The Hall–Kier alpha value is -3.25. The molecule has 0 amide bonds. The molecule has 0 atom stereocenters. The maximum absolute atomic E-state index is 13.6. The van der Waals surface area contributed by atoms with Gasteiger partial charge in [0.05, 0.1) is 12.0 Å². The van der Waals surface area contributed by atoms with E-state index in [0.29, 0.717) is 16.0 Å². The predicted molar refractivity (Wildman–Crippen MR) is 125 cm³/mol. The summed E-state index contributed by atoms with van der Waals surface area (Å²) < 4.78 is 6.66. The van der Waals surface area contributed by atoms with E-state index in [0.717, 1.165) is 22.3 Å². The second-order valence-electron chi connectivity index (χ2n) is 7.85. The highest BCUT2D eigenvalue weighted by Crippen LogP contribution is 2.33. The molecule has 0 saturated carbocycles. The lowest BCUT2D eigenvalue weighted by atomic mass is 10.00. The summed E-state index contributed by atoms with van der Waals surface area (Å²) >= 11 is 1.44. The summed E-state index contributed by atoms with van der Waals surface area (Å²) in [6.45, 7) is 7.13. The normalized spacial score (nSPS) is 11.6. The van der Waals surface area contributed by atoms with Crippen LogP contribution in [0.1, 0.15) is 26.6 Å². The van der Waals surface area contributed by atoms with Gasteiger partial charge in [0.2, 0.25) is 0 Å². The number of aryl methyl sites for hydroxylation is 1. The Bertz CT molecular complexity index is 1300. The molecule has 2 heterocycles. The topological polar surface area (TPSA) is 61.2 Å². The van der Waals surface area contributed by atoms with Gasteiger partial charge in [-0.05, 0) is 44.4 Å². The Balaban J connectivity index is 1.84. The molecule has 0 unspecified atom stereocenters. The summed E-state index contributed by atoms with van der Waals surface area (Å²) in [6, 6.07) is 18.3. The fourth-order valence-electron chi connectivity index (χ4n) is 3.84. The zero-order valence-corrected chi connectivity index (χ0v) is 18.8. The zero-order valence-electron chi connectivity index (χ0n) is 18.0. The second-order valence-corrected chi connectivity index (χ2v) is 8.71. The first kappa shape index (κ1) is 21.0. The first-order chi connectivity index (χ1) is 14.8. The maximum atomic E-state index is 13.6. The average molecular weight is 433 g/mol. The van der Waals surface area contributed by atoms with Crippen LogP contribution in [0.25, 0.3) is 32.5 Å². The zero-order chi connectivity index (χ0) is 22.2. The SMILES string of the molecule is CCOC(=O)C(C)(C)n1c(C)nc2scc(-c3ccc(-c4ccccc4)cc3)c2c1=O. The van der Waals surface area contributed by atoms with Crippen molar-refractivity contribution in [3.8, 4) is 22.3 Å². The van der Waals surface area contributed by atoms with Crippen LogP contribution < -0.4 is 5.56 Å². The Labute approximate surface area is 185 Å². The number of hydrogen-bond donors (Lipinski definition) is 0. The van der Waals surface area contributed by atoms with Crippen molar-refractivity contribution in [2.24, 2.45) is 0 Å². The van der Waals surface area contributed by atoms with Crippen molar-refractivity contribution < 1.29 is 9.53 Å². The van der Waals surface area contributed by atoms with Gasteiger partial charge in [-0.2, -0.15) is 0 Å². The standard InChI is InChI=1S/C25H24N2O3S/c1-5-30-24(29)25(3,4)27-16(2)26-22-21(23(27)28)20(15-31-22)19-13-11-18(12-14-19)17-9-7-6-8-10-17/h6-15H,5H2,1-4H3. The van der Waals surface area contributed by atoms with Crippen LogP contribution in [0.3, 0.4) is 0 Å². The minimum Gasteiger partial charge on any atom is -0.464 e. The van der Waals surface area contributed by atoms with Gasteiger partial charge >= 0.3 is 5.97 Å². The number of hydrogen-bond acceptors (Lipinski definition) is 5. The van der Waals surface area contributed by atoms with Gasteiger partial charge < -0.3 is 4.74 Å². The summed E-state index contributed by atoms with van der Waals surface area (Å²) in [5, 5.41) is 2.48. The van der Waals surface area contributed by atoms with E-state index in [4.69, 9.17) is 4.74 Å². The fraction of sp³-hybridized carbons (Fsp3) is 0.240.